The summed E-state index contributed by atoms with van der Waals surface area (Å²) < 4.78 is 0. The molecule has 0 aliphatic heterocycles. The maximum atomic E-state index is 2.61. The zero-order valence-electron chi connectivity index (χ0n) is 29.9. The van der Waals surface area contributed by atoms with Gasteiger partial charge in [0.05, 0.1) is 0 Å². The van der Waals surface area contributed by atoms with Crippen LogP contribution in [0.5, 0.6) is 0 Å². The van der Waals surface area contributed by atoms with Crippen LogP contribution in [0, 0.1) is 0 Å². The summed E-state index contributed by atoms with van der Waals surface area (Å²) >= 11 is 0. The van der Waals surface area contributed by atoms with E-state index in [1.165, 1.54) is 172 Å². The van der Waals surface area contributed by atoms with E-state index < -0.39 is 0 Å². The van der Waals surface area contributed by atoms with Crippen molar-refractivity contribution in [3.05, 3.63) is 146 Å². The van der Waals surface area contributed by atoms with Gasteiger partial charge in [-0.25, -0.2) is 0 Å². The molecule has 0 fully saturated rings. The molecule has 248 valence electrons. The van der Waals surface area contributed by atoms with Crippen LogP contribution in [0.2, 0.25) is 0 Å². The second-order valence-electron chi connectivity index (χ2n) is 16.9. The molecule has 0 aliphatic rings. The van der Waals surface area contributed by atoms with Gasteiger partial charge >= 0.3 is 0 Å². The van der Waals surface area contributed by atoms with Gasteiger partial charge in [0.15, 0.2) is 0 Å². The Bertz CT molecular complexity index is 4020. The van der Waals surface area contributed by atoms with Gasteiger partial charge in [0, 0.05) is 0 Å². The Morgan fingerprint density at radius 2 is 0.304 bits per heavy atom. The minimum Gasteiger partial charge on any atom is -0.0616 e. The number of fused-ring (bicyclic) bond motifs is 14. The fourth-order valence-electron chi connectivity index (χ4n) is 13.0. The molecular formula is C56H24. The third kappa shape index (κ3) is 2.47. The minimum atomic E-state index is 1.35. The van der Waals surface area contributed by atoms with E-state index in [4.69, 9.17) is 0 Å². The van der Waals surface area contributed by atoms with Crippen molar-refractivity contribution in [2.24, 2.45) is 0 Å². The predicted molar refractivity (Wildman–Crippen MR) is 245 cm³/mol. The molecule has 0 aliphatic carbocycles. The van der Waals surface area contributed by atoms with Crippen LogP contribution in [0.1, 0.15) is 0 Å². The average Bonchev–Trinajstić information content (AvgIpc) is 3.81. The Labute approximate surface area is 316 Å². The highest BCUT2D eigenvalue weighted by Crippen LogP contribution is 2.60. The molecule has 0 saturated carbocycles. The second kappa shape index (κ2) is 8.20. The zero-order chi connectivity index (χ0) is 35.4. The Kier molecular flexibility index (Phi) is 3.88. The molecule has 0 radical (unpaired) electrons. The summed E-state index contributed by atoms with van der Waals surface area (Å²) in [7, 11) is 0. The Hall–Kier alpha value is -7.28. The first-order chi connectivity index (χ1) is 27.8. The fraction of sp³-hybridized carbons (Fsp3) is 0. The van der Waals surface area contributed by atoms with Crippen LogP contribution in [0.3, 0.4) is 0 Å². The Morgan fingerprint density at radius 3 is 0.536 bits per heavy atom. The van der Waals surface area contributed by atoms with E-state index >= 15 is 0 Å². The molecule has 56 heavy (non-hydrogen) atoms. The molecule has 0 N–H and O–H groups in total. The summed E-state index contributed by atoms with van der Waals surface area (Å²) in [5, 5.41) is 44.6. The summed E-state index contributed by atoms with van der Waals surface area (Å²) in [5.41, 5.74) is 0. The molecule has 0 nitrogen and oxygen atoms in total. The van der Waals surface area contributed by atoms with Crippen LogP contribution >= 0.6 is 0 Å². The topological polar surface area (TPSA) is 0 Å². The van der Waals surface area contributed by atoms with E-state index in [1.807, 2.05) is 0 Å². The monoisotopic (exact) mass is 696 g/mol. The van der Waals surface area contributed by atoms with Crippen molar-refractivity contribution in [1.82, 2.24) is 0 Å². The molecule has 0 heteroatoms. The van der Waals surface area contributed by atoms with E-state index in [0.29, 0.717) is 0 Å². The predicted octanol–water partition coefficient (Wildman–Crippen LogP) is 16.2. The second-order valence-corrected chi connectivity index (χ2v) is 16.9. The third-order valence-electron chi connectivity index (χ3n) is 14.8. The Balaban J connectivity index is 1.30. The van der Waals surface area contributed by atoms with Crippen LogP contribution in [0.25, 0.3) is 172 Å². The van der Waals surface area contributed by atoms with Gasteiger partial charge in [-0.1, -0.05) is 121 Å². The summed E-state index contributed by atoms with van der Waals surface area (Å²) in [4.78, 5) is 0. The highest BCUT2D eigenvalue weighted by atomic mass is 14.3. The van der Waals surface area contributed by atoms with Crippen LogP contribution in [0.15, 0.2) is 146 Å². The van der Waals surface area contributed by atoms with Crippen molar-refractivity contribution in [2.45, 2.75) is 0 Å². The number of rotatable bonds is 0. The Morgan fingerprint density at radius 1 is 0.125 bits per heavy atom. The van der Waals surface area contributed by atoms with Crippen molar-refractivity contribution in [2.75, 3.05) is 0 Å². The molecule has 0 amide bonds. The van der Waals surface area contributed by atoms with Gasteiger partial charge in [0.2, 0.25) is 0 Å². The first kappa shape index (κ1) is 26.5. The maximum Gasteiger partial charge on any atom is -0.0000915 e. The smallest absolute Gasteiger partial charge is 0.0000915 e. The molecular weight excluding hydrogens is 673 g/mol. The molecule has 17 rings (SSSR count). The first-order valence-electron chi connectivity index (χ1n) is 19.9. The van der Waals surface area contributed by atoms with E-state index in [-0.39, 0.29) is 0 Å². The summed E-state index contributed by atoms with van der Waals surface area (Å²) in [6.07, 6.45) is 0. The number of hydrogen-bond donors (Lipinski definition) is 0. The molecule has 17 aromatic carbocycles. The average molecular weight is 697 g/mol. The molecule has 0 saturated heterocycles. The van der Waals surface area contributed by atoms with Crippen molar-refractivity contribution in [1.29, 1.82) is 0 Å². The largest absolute Gasteiger partial charge is 0.0616 e. The van der Waals surface area contributed by atoms with Gasteiger partial charge in [0.25, 0.3) is 0 Å². The quantitative estimate of drug-likeness (QED) is 0.109. The van der Waals surface area contributed by atoms with E-state index in [0.717, 1.165) is 0 Å². The van der Waals surface area contributed by atoms with Crippen LogP contribution < -0.4 is 0 Å². The summed E-state index contributed by atoms with van der Waals surface area (Å²) in [5.74, 6) is 0. The molecule has 17 aromatic rings. The van der Waals surface area contributed by atoms with Gasteiger partial charge < -0.3 is 0 Å². The normalized spacial score (nSPS) is 13.7. The van der Waals surface area contributed by atoms with E-state index in [9.17, 15) is 0 Å². The zero-order valence-corrected chi connectivity index (χ0v) is 29.9. The van der Waals surface area contributed by atoms with E-state index in [2.05, 4.69) is 146 Å². The molecule has 0 unspecified atom stereocenters. The van der Waals surface area contributed by atoms with Gasteiger partial charge in [0.1, 0.15) is 0 Å². The highest BCUT2D eigenvalue weighted by Gasteiger charge is 2.31. The lowest BCUT2D eigenvalue weighted by atomic mass is 9.82. The number of benzene rings is 15. The van der Waals surface area contributed by atoms with Gasteiger partial charge in [-0.2, -0.15) is 0 Å². The van der Waals surface area contributed by atoms with Gasteiger partial charge in [-0.15, -0.1) is 0 Å². The summed E-state index contributed by atoms with van der Waals surface area (Å²) in [6.45, 7) is 0. The molecule has 0 atom stereocenters. The van der Waals surface area contributed by atoms with Crippen molar-refractivity contribution in [3.63, 3.8) is 0 Å². The van der Waals surface area contributed by atoms with Crippen molar-refractivity contribution in [3.8, 4) is 0 Å². The molecule has 0 aromatic heterocycles. The fourth-order valence-corrected chi connectivity index (χ4v) is 13.0. The van der Waals surface area contributed by atoms with Crippen LogP contribution in [-0.2, 0) is 0 Å². The lowest BCUT2D eigenvalue weighted by Crippen LogP contribution is -1.91. The van der Waals surface area contributed by atoms with Crippen molar-refractivity contribution < 1.29 is 0 Å². The SMILES string of the molecule is c1ccc2c(c1)c1ccc3c4ccccc4c4cc5c6cc7c8ccccc8c8ccc9c%10ccccc%10c%10cc(c%11cc2c2c1c3c4c2c%115)c6c1c%10c9c8c71. The molecule has 0 bridgehead atoms. The number of hydrogen-bond acceptors (Lipinski definition) is 0. The first-order valence-corrected chi connectivity index (χ1v) is 19.9. The molecule has 0 heterocycles. The van der Waals surface area contributed by atoms with Crippen LogP contribution in [0.4, 0.5) is 0 Å². The lowest BCUT2D eigenvalue weighted by Gasteiger charge is -2.20. The minimum absolute atomic E-state index is 1.35. The van der Waals surface area contributed by atoms with Gasteiger partial charge in [-0.05, 0) is 197 Å². The lowest BCUT2D eigenvalue weighted by molar-refractivity contribution is 1.83. The maximum absolute atomic E-state index is 2.61. The standard InChI is InChI=1S/C56H24/c1-5-13-29-25(9-1)33-17-18-34-26-10-2-6-14-30(26)38-22-43-44-24-40-32-16-8-4-12-28(32)36-20-19-35-27-11-3-7-15-31(27)39-23-42(46(44)56-53(39)49(35)50(36)54(40)56)41-21-37(29)51-47(33)48(34)52(38)55(51)45(41)43/h1-24H. The molecule has 0 spiro atoms. The summed E-state index contributed by atoms with van der Waals surface area (Å²) in [6, 6.07) is 56.7. The van der Waals surface area contributed by atoms with Crippen molar-refractivity contribution >= 4 is 172 Å². The third-order valence-corrected chi connectivity index (χ3v) is 14.8. The van der Waals surface area contributed by atoms with Crippen LogP contribution in [-0.4, -0.2) is 0 Å². The van der Waals surface area contributed by atoms with E-state index in [1.54, 1.807) is 0 Å². The highest BCUT2D eigenvalue weighted by molar-refractivity contribution is 6.59. The van der Waals surface area contributed by atoms with Gasteiger partial charge in [-0.3, -0.25) is 0 Å².